The van der Waals surface area contributed by atoms with Crippen molar-refractivity contribution in [3.63, 3.8) is 0 Å². The number of pyridine rings is 1. The monoisotopic (exact) mass is 343 g/mol. The Kier molecular flexibility index (Phi) is 4.38. The van der Waals surface area contributed by atoms with Gasteiger partial charge in [0.25, 0.3) is 5.91 Å². The summed E-state index contributed by atoms with van der Waals surface area (Å²) in [6, 6.07) is 20.9. The molecule has 2 heterocycles. The van der Waals surface area contributed by atoms with E-state index in [1.165, 1.54) is 0 Å². The quantitative estimate of drug-likeness (QED) is 0.605. The van der Waals surface area contributed by atoms with Crippen LogP contribution in [0.5, 0.6) is 0 Å². The Hall–Kier alpha value is -3.54. The largest absolute Gasteiger partial charge is 0.342 e. The minimum atomic E-state index is -0.260. The van der Waals surface area contributed by atoms with E-state index in [1.54, 1.807) is 23.3 Å². The molecule has 1 N–H and O–H groups in total. The second-order valence-corrected chi connectivity index (χ2v) is 5.91. The molecule has 2 aromatic carbocycles. The van der Waals surface area contributed by atoms with E-state index >= 15 is 0 Å². The van der Waals surface area contributed by atoms with Gasteiger partial charge in [-0.05, 0) is 17.7 Å². The van der Waals surface area contributed by atoms with Crippen molar-refractivity contribution in [3.8, 4) is 0 Å². The summed E-state index contributed by atoms with van der Waals surface area (Å²) >= 11 is 0. The van der Waals surface area contributed by atoms with E-state index in [-0.39, 0.29) is 11.9 Å². The Morgan fingerprint density at radius 2 is 1.65 bits per heavy atom. The van der Waals surface area contributed by atoms with Crippen molar-refractivity contribution in [2.24, 2.45) is 0 Å². The molecule has 0 aliphatic heterocycles. The number of benzene rings is 2. The number of amides is 1. The molecule has 0 saturated heterocycles. The van der Waals surface area contributed by atoms with Gasteiger partial charge in [0.1, 0.15) is 5.69 Å². The number of fused-ring (bicyclic) bond motifs is 1. The maximum Gasteiger partial charge on any atom is 0.270 e. The summed E-state index contributed by atoms with van der Waals surface area (Å²) in [5, 5.41) is 12.3. The number of carbonyl (C=O) groups excluding carboxylic acids is 1. The van der Waals surface area contributed by atoms with Gasteiger partial charge >= 0.3 is 0 Å². The summed E-state index contributed by atoms with van der Waals surface area (Å²) in [6.45, 7) is 0.441. The molecule has 6 nitrogen and oxygen atoms in total. The van der Waals surface area contributed by atoms with Crippen molar-refractivity contribution >= 4 is 16.8 Å². The normalized spacial score (nSPS) is 12.0. The maximum absolute atomic E-state index is 12.8. The molecule has 0 spiro atoms. The molecule has 4 aromatic rings. The lowest BCUT2D eigenvalue weighted by Gasteiger charge is -2.18. The first kappa shape index (κ1) is 16.0. The van der Waals surface area contributed by atoms with E-state index in [4.69, 9.17) is 0 Å². The standard InChI is InChI=1S/C20H17N5O/c26-20(18-11-10-16-8-4-5-9-17(16)23-18)24-19(14-25-21-12-13-22-25)15-6-2-1-3-7-15/h1-13,19H,14H2,(H,24,26). The van der Waals surface area contributed by atoms with Crippen LogP contribution in [0, 0.1) is 0 Å². The Labute approximate surface area is 150 Å². The average Bonchev–Trinajstić information content (AvgIpc) is 3.21. The fraction of sp³-hybridized carbons (Fsp3) is 0.100. The molecule has 0 fully saturated rings. The number of hydrogen-bond acceptors (Lipinski definition) is 4. The van der Waals surface area contributed by atoms with E-state index in [2.05, 4.69) is 20.5 Å². The van der Waals surface area contributed by atoms with Crippen molar-refractivity contribution in [2.45, 2.75) is 12.6 Å². The van der Waals surface area contributed by atoms with Crippen LogP contribution in [0.25, 0.3) is 10.9 Å². The van der Waals surface area contributed by atoms with E-state index in [0.29, 0.717) is 12.2 Å². The zero-order valence-corrected chi connectivity index (χ0v) is 14.0. The van der Waals surface area contributed by atoms with Crippen LogP contribution in [0.15, 0.2) is 79.1 Å². The van der Waals surface area contributed by atoms with Gasteiger partial charge in [-0.3, -0.25) is 4.79 Å². The summed E-state index contributed by atoms with van der Waals surface area (Å²) in [4.78, 5) is 18.8. The first-order valence-corrected chi connectivity index (χ1v) is 8.35. The van der Waals surface area contributed by atoms with Crippen molar-refractivity contribution < 1.29 is 4.79 Å². The molecule has 128 valence electrons. The molecule has 4 rings (SSSR count). The molecule has 0 radical (unpaired) electrons. The Balaban J connectivity index is 1.60. The SMILES string of the molecule is O=C(NC(Cn1nccn1)c1ccccc1)c1ccc2ccccc2n1. The number of carbonyl (C=O) groups is 1. The van der Waals surface area contributed by atoms with E-state index in [1.807, 2.05) is 60.7 Å². The molecule has 6 heteroatoms. The molecule has 0 aliphatic rings. The van der Waals surface area contributed by atoms with E-state index in [0.717, 1.165) is 16.5 Å². The fourth-order valence-corrected chi connectivity index (χ4v) is 2.85. The Morgan fingerprint density at radius 3 is 2.46 bits per heavy atom. The number of nitrogens with one attached hydrogen (secondary N) is 1. The smallest absolute Gasteiger partial charge is 0.270 e. The van der Waals surface area contributed by atoms with Crippen LogP contribution < -0.4 is 5.32 Å². The number of hydrogen-bond donors (Lipinski definition) is 1. The Bertz CT molecular complexity index is 1010. The van der Waals surface area contributed by atoms with Crippen LogP contribution in [0.2, 0.25) is 0 Å². The third-order valence-electron chi connectivity index (χ3n) is 4.15. The molecule has 0 bridgehead atoms. The first-order chi connectivity index (χ1) is 12.8. The van der Waals surface area contributed by atoms with Crippen molar-refractivity contribution in [3.05, 3.63) is 90.4 Å². The van der Waals surface area contributed by atoms with Gasteiger partial charge in [-0.15, -0.1) is 0 Å². The van der Waals surface area contributed by atoms with Gasteiger partial charge in [0, 0.05) is 5.39 Å². The summed E-state index contributed by atoms with van der Waals surface area (Å²) in [6.07, 6.45) is 3.24. The van der Waals surface area contributed by atoms with Crippen LogP contribution >= 0.6 is 0 Å². The zero-order chi connectivity index (χ0) is 17.8. The molecule has 1 amide bonds. The summed E-state index contributed by atoms with van der Waals surface area (Å²) in [7, 11) is 0. The third kappa shape index (κ3) is 3.44. The van der Waals surface area contributed by atoms with Crippen LogP contribution in [0.4, 0.5) is 0 Å². The molecule has 26 heavy (non-hydrogen) atoms. The van der Waals surface area contributed by atoms with Gasteiger partial charge < -0.3 is 5.32 Å². The van der Waals surface area contributed by atoms with Gasteiger partial charge in [-0.2, -0.15) is 15.0 Å². The third-order valence-corrected chi connectivity index (χ3v) is 4.15. The molecular weight excluding hydrogens is 326 g/mol. The second-order valence-electron chi connectivity index (χ2n) is 5.91. The van der Waals surface area contributed by atoms with Gasteiger partial charge in [0.15, 0.2) is 0 Å². The van der Waals surface area contributed by atoms with Crippen molar-refractivity contribution in [2.75, 3.05) is 0 Å². The van der Waals surface area contributed by atoms with Gasteiger partial charge in [-0.25, -0.2) is 4.98 Å². The maximum atomic E-state index is 12.8. The van der Waals surface area contributed by atoms with Crippen molar-refractivity contribution in [1.29, 1.82) is 0 Å². The molecule has 0 saturated carbocycles. The lowest BCUT2D eigenvalue weighted by molar-refractivity contribution is 0.0926. The summed E-state index contributed by atoms with van der Waals surface area (Å²) < 4.78 is 0. The highest BCUT2D eigenvalue weighted by Crippen LogP contribution is 2.16. The van der Waals surface area contributed by atoms with Crippen LogP contribution in [0.3, 0.4) is 0 Å². The lowest BCUT2D eigenvalue weighted by atomic mass is 10.1. The number of rotatable bonds is 5. The predicted molar refractivity (Wildman–Crippen MR) is 98.4 cm³/mol. The highest BCUT2D eigenvalue weighted by molar-refractivity contribution is 5.95. The number of nitrogens with zero attached hydrogens (tertiary/aromatic N) is 4. The van der Waals surface area contributed by atoms with Crippen molar-refractivity contribution in [1.82, 2.24) is 25.3 Å². The van der Waals surface area contributed by atoms with Gasteiger partial charge in [-0.1, -0.05) is 54.6 Å². The Morgan fingerprint density at radius 1 is 0.923 bits per heavy atom. The lowest BCUT2D eigenvalue weighted by Crippen LogP contribution is -2.32. The highest BCUT2D eigenvalue weighted by atomic mass is 16.1. The van der Waals surface area contributed by atoms with Crippen LogP contribution in [0.1, 0.15) is 22.1 Å². The van der Waals surface area contributed by atoms with Gasteiger partial charge in [0.05, 0.1) is 30.5 Å². The summed E-state index contributed by atoms with van der Waals surface area (Å²) in [5.41, 5.74) is 2.17. The fourth-order valence-electron chi connectivity index (χ4n) is 2.85. The average molecular weight is 343 g/mol. The summed E-state index contributed by atoms with van der Waals surface area (Å²) in [5.74, 6) is -0.225. The highest BCUT2D eigenvalue weighted by Gasteiger charge is 2.18. The molecule has 2 aromatic heterocycles. The van der Waals surface area contributed by atoms with E-state index in [9.17, 15) is 4.79 Å². The number of aromatic nitrogens is 4. The van der Waals surface area contributed by atoms with Gasteiger partial charge in [0.2, 0.25) is 0 Å². The van der Waals surface area contributed by atoms with Crippen LogP contribution in [-0.4, -0.2) is 25.9 Å². The second kappa shape index (κ2) is 7.14. The minimum Gasteiger partial charge on any atom is -0.342 e. The molecule has 0 aliphatic carbocycles. The topological polar surface area (TPSA) is 72.7 Å². The van der Waals surface area contributed by atoms with E-state index < -0.39 is 0 Å². The first-order valence-electron chi connectivity index (χ1n) is 8.35. The minimum absolute atomic E-state index is 0.225. The predicted octanol–water partition coefficient (Wildman–Crippen LogP) is 3.00. The zero-order valence-electron chi connectivity index (χ0n) is 14.0. The number of para-hydroxylation sites is 1. The van der Waals surface area contributed by atoms with Crippen LogP contribution in [-0.2, 0) is 6.54 Å². The molecule has 1 atom stereocenters. The molecular formula is C20H17N5O. The molecule has 1 unspecified atom stereocenters.